The summed E-state index contributed by atoms with van der Waals surface area (Å²) in [5.74, 6) is 0. The second-order valence-corrected chi connectivity index (χ2v) is 5.81. The quantitative estimate of drug-likeness (QED) is 0.905. The molecule has 22 heavy (non-hydrogen) atoms. The molecular weight excluding hydrogens is 294 g/mol. The third-order valence-corrected chi connectivity index (χ3v) is 4.37. The number of aliphatic hydroxyl groups excluding tert-OH is 1. The van der Waals surface area contributed by atoms with Crippen LogP contribution in [0.1, 0.15) is 42.5 Å². The Morgan fingerprint density at radius 2 is 1.23 bits per heavy atom. The normalized spacial score (nSPS) is 18.2. The van der Waals surface area contributed by atoms with Crippen molar-refractivity contribution in [2.45, 2.75) is 31.4 Å². The van der Waals surface area contributed by atoms with Crippen molar-refractivity contribution in [3.05, 3.63) is 71.8 Å². The predicted octanol–water partition coefficient (Wildman–Crippen LogP) is 4.37. The number of aliphatic hydroxyl groups is 1. The van der Waals surface area contributed by atoms with E-state index in [1.807, 2.05) is 36.4 Å². The molecule has 0 amide bonds. The number of halogens is 1. The second kappa shape index (κ2) is 8.33. The molecule has 3 rings (SSSR count). The van der Waals surface area contributed by atoms with Gasteiger partial charge >= 0.3 is 0 Å². The molecule has 2 aromatic rings. The van der Waals surface area contributed by atoms with Crippen molar-refractivity contribution >= 4 is 12.4 Å². The van der Waals surface area contributed by atoms with Crippen LogP contribution in [0.4, 0.5) is 0 Å². The van der Waals surface area contributed by atoms with Crippen molar-refractivity contribution in [1.29, 1.82) is 0 Å². The molecular formula is C19H24ClNO. The second-order valence-electron chi connectivity index (χ2n) is 5.81. The zero-order chi connectivity index (χ0) is 14.5. The van der Waals surface area contributed by atoms with Crippen LogP contribution in [0, 0.1) is 0 Å². The molecule has 2 nitrogen and oxygen atoms in total. The molecule has 0 radical (unpaired) electrons. The maximum Gasteiger partial charge on any atom is 0.0986 e. The Morgan fingerprint density at radius 3 is 1.77 bits per heavy atom. The van der Waals surface area contributed by atoms with Crippen LogP contribution >= 0.6 is 12.4 Å². The Labute approximate surface area is 139 Å². The van der Waals surface area contributed by atoms with Gasteiger partial charge in [-0.2, -0.15) is 0 Å². The van der Waals surface area contributed by atoms with Crippen LogP contribution in [-0.4, -0.2) is 23.1 Å². The minimum atomic E-state index is -0.480. The van der Waals surface area contributed by atoms with Gasteiger partial charge < -0.3 is 5.11 Å². The van der Waals surface area contributed by atoms with Crippen LogP contribution in [-0.2, 0) is 0 Å². The van der Waals surface area contributed by atoms with Gasteiger partial charge in [0.05, 0.1) is 12.1 Å². The van der Waals surface area contributed by atoms with E-state index in [1.54, 1.807) is 0 Å². The van der Waals surface area contributed by atoms with Gasteiger partial charge in [-0.05, 0) is 37.1 Å². The first-order valence-corrected chi connectivity index (χ1v) is 7.88. The lowest BCUT2D eigenvalue weighted by Gasteiger charge is -2.37. The lowest BCUT2D eigenvalue weighted by molar-refractivity contribution is 0.0362. The summed E-state index contributed by atoms with van der Waals surface area (Å²) in [7, 11) is 0. The fourth-order valence-corrected chi connectivity index (χ4v) is 3.27. The van der Waals surface area contributed by atoms with Gasteiger partial charge in [0, 0.05) is 0 Å². The SMILES string of the molecule is Cl.OC(c1ccccc1)C(c1ccccc1)N1CCCCC1. The molecule has 0 aromatic heterocycles. The number of piperidine rings is 1. The summed E-state index contributed by atoms with van der Waals surface area (Å²) in [5, 5.41) is 10.9. The van der Waals surface area contributed by atoms with Gasteiger partial charge in [-0.3, -0.25) is 4.90 Å². The first-order chi connectivity index (χ1) is 10.4. The molecule has 1 saturated heterocycles. The molecule has 1 N–H and O–H groups in total. The van der Waals surface area contributed by atoms with Crippen molar-refractivity contribution < 1.29 is 5.11 Å². The maximum atomic E-state index is 10.9. The maximum absolute atomic E-state index is 10.9. The Kier molecular flexibility index (Phi) is 6.44. The highest BCUT2D eigenvalue weighted by Gasteiger charge is 2.29. The smallest absolute Gasteiger partial charge is 0.0986 e. The molecule has 2 atom stereocenters. The molecule has 1 fully saturated rings. The van der Waals surface area contributed by atoms with Gasteiger partial charge in [-0.1, -0.05) is 67.1 Å². The molecule has 2 unspecified atom stereocenters. The van der Waals surface area contributed by atoms with E-state index in [4.69, 9.17) is 0 Å². The van der Waals surface area contributed by atoms with Crippen molar-refractivity contribution in [1.82, 2.24) is 4.90 Å². The van der Waals surface area contributed by atoms with E-state index in [0.717, 1.165) is 18.7 Å². The lowest BCUT2D eigenvalue weighted by atomic mass is 9.93. The third kappa shape index (κ3) is 3.89. The average Bonchev–Trinajstić information content (AvgIpc) is 2.58. The zero-order valence-corrected chi connectivity index (χ0v) is 13.6. The third-order valence-electron chi connectivity index (χ3n) is 4.37. The van der Waals surface area contributed by atoms with Crippen LogP contribution in [0.5, 0.6) is 0 Å². The van der Waals surface area contributed by atoms with Crippen molar-refractivity contribution in [3.8, 4) is 0 Å². The van der Waals surface area contributed by atoms with E-state index in [1.165, 1.54) is 24.8 Å². The zero-order valence-electron chi connectivity index (χ0n) is 12.8. The Morgan fingerprint density at radius 1 is 0.727 bits per heavy atom. The molecule has 2 aromatic carbocycles. The molecule has 1 heterocycles. The van der Waals surface area contributed by atoms with Crippen LogP contribution in [0.15, 0.2) is 60.7 Å². The number of nitrogens with zero attached hydrogens (tertiary/aromatic N) is 1. The number of hydrogen-bond donors (Lipinski definition) is 1. The van der Waals surface area contributed by atoms with Crippen molar-refractivity contribution in [2.24, 2.45) is 0 Å². The number of benzene rings is 2. The van der Waals surface area contributed by atoms with E-state index in [2.05, 4.69) is 29.2 Å². The first-order valence-electron chi connectivity index (χ1n) is 7.88. The molecule has 0 aliphatic carbocycles. The summed E-state index contributed by atoms with van der Waals surface area (Å²) in [6.07, 6.45) is 3.28. The highest BCUT2D eigenvalue weighted by atomic mass is 35.5. The predicted molar refractivity (Wildman–Crippen MR) is 93.3 cm³/mol. The topological polar surface area (TPSA) is 23.5 Å². The number of hydrogen-bond acceptors (Lipinski definition) is 2. The van der Waals surface area contributed by atoms with Gasteiger partial charge in [0.2, 0.25) is 0 Å². The van der Waals surface area contributed by atoms with Crippen LogP contribution < -0.4 is 0 Å². The number of likely N-dealkylation sites (tertiary alicyclic amines) is 1. The van der Waals surface area contributed by atoms with E-state index in [0.29, 0.717) is 0 Å². The van der Waals surface area contributed by atoms with Crippen molar-refractivity contribution in [3.63, 3.8) is 0 Å². The Hall–Kier alpha value is -1.35. The highest BCUT2D eigenvalue weighted by Crippen LogP contribution is 2.35. The minimum absolute atomic E-state index is 0. The van der Waals surface area contributed by atoms with Crippen LogP contribution in [0.2, 0.25) is 0 Å². The molecule has 1 aliphatic heterocycles. The first kappa shape index (κ1) is 17.0. The number of rotatable bonds is 4. The monoisotopic (exact) mass is 317 g/mol. The standard InChI is InChI=1S/C19H23NO.ClH/c21-19(17-12-6-2-7-13-17)18(16-10-4-1-5-11-16)20-14-8-3-9-15-20;/h1-2,4-7,10-13,18-19,21H,3,8-9,14-15H2;1H. The summed E-state index contributed by atoms with van der Waals surface area (Å²) in [4.78, 5) is 2.44. The van der Waals surface area contributed by atoms with Crippen LogP contribution in [0.25, 0.3) is 0 Å². The van der Waals surface area contributed by atoms with E-state index >= 15 is 0 Å². The molecule has 0 saturated carbocycles. The molecule has 3 heteroatoms. The fourth-order valence-electron chi connectivity index (χ4n) is 3.27. The molecule has 118 valence electrons. The minimum Gasteiger partial charge on any atom is -0.386 e. The summed E-state index contributed by atoms with van der Waals surface area (Å²) in [6, 6.07) is 20.5. The van der Waals surface area contributed by atoms with Gasteiger partial charge in [0.25, 0.3) is 0 Å². The Bertz CT molecular complexity index is 540. The van der Waals surface area contributed by atoms with E-state index in [9.17, 15) is 5.11 Å². The van der Waals surface area contributed by atoms with Gasteiger partial charge in [-0.25, -0.2) is 0 Å². The Balaban J connectivity index is 0.00000176. The van der Waals surface area contributed by atoms with E-state index < -0.39 is 6.10 Å². The summed E-state index contributed by atoms with van der Waals surface area (Å²) >= 11 is 0. The van der Waals surface area contributed by atoms with Crippen LogP contribution in [0.3, 0.4) is 0 Å². The van der Waals surface area contributed by atoms with Gasteiger partial charge in [0.1, 0.15) is 0 Å². The highest BCUT2D eigenvalue weighted by molar-refractivity contribution is 5.85. The summed E-state index contributed by atoms with van der Waals surface area (Å²) in [5.41, 5.74) is 2.20. The molecule has 0 spiro atoms. The van der Waals surface area contributed by atoms with Gasteiger partial charge in [0.15, 0.2) is 0 Å². The largest absolute Gasteiger partial charge is 0.386 e. The fraction of sp³-hybridized carbons (Fsp3) is 0.368. The summed E-state index contributed by atoms with van der Waals surface area (Å²) in [6.45, 7) is 2.15. The summed E-state index contributed by atoms with van der Waals surface area (Å²) < 4.78 is 0. The van der Waals surface area contributed by atoms with Gasteiger partial charge in [-0.15, -0.1) is 12.4 Å². The average molecular weight is 318 g/mol. The lowest BCUT2D eigenvalue weighted by Crippen LogP contribution is -2.36. The van der Waals surface area contributed by atoms with Crippen molar-refractivity contribution in [2.75, 3.05) is 13.1 Å². The molecule has 1 aliphatic rings. The van der Waals surface area contributed by atoms with E-state index in [-0.39, 0.29) is 18.4 Å². The molecule has 0 bridgehead atoms.